The van der Waals surface area contributed by atoms with Crippen LogP contribution in [0.15, 0.2) is 52.3 Å². The van der Waals surface area contributed by atoms with E-state index in [1.54, 1.807) is 11.3 Å². The lowest BCUT2D eigenvalue weighted by atomic mass is 9.95. The first-order valence-corrected chi connectivity index (χ1v) is 10.7. The topological polar surface area (TPSA) is 78.1 Å². The van der Waals surface area contributed by atoms with Crippen molar-refractivity contribution in [3.63, 3.8) is 0 Å². The van der Waals surface area contributed by atoms with Crippen LogP contribution in [0.1, 0.15) is 23.2 Å². The molecule has 0 unspecified atom stereocenters. The number of H-pyrrole nitrogens is 1. The Labute approximate surface area is 175 Å². The molecule has 1 aromatic carbocycles. The Balaban J connectivity index is 1.31. The van der Waals surface area contributed by atoms with Gasteiger partial charge in [0, 0.05) is 35.1 Å². The van der Waals surface area contributed by atoms with Crippen LogP contribution >= 0.6 is 27.3 Å². The summed E-state index contributed by atoms with van der Waals surface area (Å²) in [7, 11) is 0. The molecule has 6 nitrogen and oxygen atoms in total. The predicted octanol–water partition coefficient (Wildman–Crippen LogP) is 4.39. The zero-order valence-electron chi connectivity index (χ0n) is 15.0. The van der Waals surface area contributed by atoms with Gasteiger partial charge in [0.2, 0.25) is 5.91 Å². The Bertz CT molecular complexity index is 961. The van der Waals surface area contributed by atoms with E-state index in [9.17, 15) is 9.59 Å². The molecular weight excluding hydrogens is 440 g/mol. The van der Waals surface area contributed by atoms with Gasteiger partial charge in [-0.15, -0.1) is 11.3 Å². The number of nitrogens with one attached hydrogen (secondary N) is 2. The number of nitrogens with zero attached hydrogens (tertiary/aromatic N) is 2. The largest absolute Gasteiger partial charge is 0.339 e. The van der Waals surface area contributed by atoms with Gasteiger partial charge in [0.25, 0.3) is 5.91 Å². The number of anilines is 1. The predicted molar refractivity (Wildman–Crippen MR) is 113 cm³/mol. The number of rotatable bonds is 4. The van der Waals surface area contributed by atoms with Gasteiger partial charge in [-0.3, -0.25) is 14.7 Å². The molecule has 144 valence electrons. The van der Waals surface area contributed by atoms with E-state index in [1.807, 2.05) is 52.7 Å². The van der Waals surface area contributed by atoms with Gasteiger partial charge >= 0.3 is 0 Å². The number of carbonyl (C=O) groups is 2. The fourth-order valence-corrected chi connectivity index (χ4v) is 4.25. The SMILES string of the molecule is O=C(Nc1cc(-c2cccs2)[nH]n1)C1CCN(C(=O)c2ccc(Br)cc2)CC1. The highest BCUT2D eigenvalue weighted by molar-refractivity contribution is 9.10. The number of hydrogen-bond acceptors (Lipinski definition) is 4. The van der Waals surface area contributed by atoms with Crippen LogP contribution in [0.4, 0.5) is 5.82 Å². The molecule has 1 saturated heterocycles. The van der Waals surface area contributed by atoms with Crippen molar-refractivity contribution in [1.82, 2.24) is 15.1 Å². The van der Waals surface area contributed by atoms with Crippen molar-refractivity contribution in [1.29, 1.82) is 0 Å². The van der Waals surface area contributed by atoms with Crippen molar-refractivity contribution in [2.24, 2.45) is 5.92 Å². The molecule has 0 spiro atoms. The van der Waals surface area contributed by atoms with Crippen molar-refractivity contribution in [3.05, 3.63) is 57.9 Å². The standard InChI is InChI=1S/C20H19BrN4O2S/c21-15-5-3-14(4-6-15)20(27)25-9-7-13(8-10-25)19(26)22-18-12-16(23-24-18)17-2-1-11-28-17/h1-6,11-13H,7-10H2,(H2,22,23,24,26). The van der Waals surface area contributed by atoms with Crippen molar-refractivity contribution in [2.45, 2.75) is 12.8 Å². The molecular formula is C20H19BrN4O2S. The summed E-state index contributed by atoms with van der Waals surface area (Å²) in [5.41, 5.74) is 1.56. The van der Waals surface area contributed by atoms with E-state index < -0.39 is 0 Å². The summed E-state index contributed by atoms with van der Waals surface area (Å²) in [6, 6.07) is 13.2. The van der Waals surface area contributed by atoms with Crippen molar-refractivity contribution in [2.75, 3.05) is 18.4 Å². The number of hydrogen-bond donors (Lipinski definition) is 2. The molecule has 8 heteroatoms. The molecule has 2 aromatic heterocycles. The van der Waals surface area contributed by atoms with E-state index in [1.165, 1.54) is 0 Å². The number of carbonyl (C=O) groups excluding carboxylic acids is 2. The number of aromatic amines is 1. The van der Waals surface area contributed by atoms with Gasteiger partial charge < -0.3 is 10.2 Å². The second-order valence-electron chi connectivity index (χ2n) is 6.71. The number of benzene rings is 1. The van der Waals surface area contributed by atoms with E-state index >= 15 is 0 Å². The first-order valence-electron chi connectivity index (χ1n) is 9.05. The Morgan fingerprint density at radius 3 is 2.61 bits per heavy atom. The molecule has 3 heterocycles. The van der Waals surface area contributed by atoms with Crippen LogP contribution in [0.25, 0.3) is 10.6 Å². The monoisotopic (exact) mass is 458 g/mol. The fraction of sp³-hybridized carbons (Fsp3) is 0.250. The lowest BCUT2D eigenvalue weighted by molar-refractivity contribution is -0.121. The van der Waals surface area contributed by atoms with Gasteiger partial charge in [0.05, 0.1) is 10.6 Å². The van der Waals surface area contributed by atoms with E-state index in [-0.39, 0.29) is 17.7 Å². The van der Waals surface area contributed by atoms with Crippen LogP contribution in [-0.2, 0) is 4.79 Å². The molecule has 2 amide bonds. The van der Waals surface area contributed by atoms with E-state index in [2.05, 4.69) is 31.4 Å². The molecule has 3 aromatic rings. The zero-order valence-corrected chi connectivity index (χ0v) is 17.4. The summed E-state index contributed by atoms with van der Waals surface area (Å²) in [5.74, 6) is 0.386. The lowest BCUT2D eigenvalue weighted by Crippen LogP contribution is -2.41. The number of halogens is 1. The minimum absolute atomic E-state index is 0.0132. The van der Waals surface area contributed by atoms with E-state index in [0.29, 0.717) is 37.3 Å². The quantitative estimate of drug-likeness (QED) is 0.608. The van der Waals surface area contributed by atoms with Crippen molar-refractivity contribution in [3.8, 4) is 10.6 Å². The number of amides is 2. The third-order valence-corrected chi connectivity index (χ3v) is 6.29. The Kier molecular flexibility index (Phi) is 5.59. The van der Waals surface area contributed by atoms with Crippen molar-refractivity contribution >= 4 is 44.9 Å². The maximum Gasteiger partial charge on any atom is 0.253 e. The second kappa shape index (κ2) is 8.28. The summed E-state index contributed by atoms with van der Waals surface area (Å²) in [6.07, 6.45) is 1.30. The molecule has 4 rings (SSSR count). The van der Waals surface area contributed by atoms with Gasteiger partial charge in [-0.05, 0) is 48.6 Å². The van der Waals surface area contributed by atoms with Gasteiger partial charge in [0.1, 0.15) is 0 Å². The highest BCUT2D eigenvalue weighted by atomic mass is 79.9. The maximum atomic E-state index is 12.6. The van der Waals surface area contributed by atoms with E-state index in [0.717, 1.165) is 15.0 Å². The number of thiophene rings is 1. The smallest absolute Gasteiger partial charge is 0.253 e. The summed E-state index contributed by atoms with van der Waals surface area (Å²) < 4.78 is 0.944. The minimum atomic E-state index is -0.115. The van der Waals surface area contributed by atoms with Crippen LogP contribution in [0.3, 0.4) is 0 Å². The first-order chi connectivity index (χ1) is 13.6. The highest BCUT2D eigenvalue weighted by Crippen LogP contribution is 2.25. The molecule has 0 radical (unpaired) electrons. The zero-order chi connectivity index (χ0) is 19.5. The average Bonchev–Trinajstić information content (AvgIpc) is 3.40. The third-order valence-electron chi connectivity index (χ3n) is 4.86. The van der Waals surface area contributed by atoms with Crippen LogP contribution in [0, 0.1) is 5.92 Å². The van der Waals surface area contributed by atoms with Gasteiger partial charge in [-0.1, -0.05) is 22.0 Å². The van der Waals surface area contributed by atoms with Gasteiger partial charge in [-0.25, -0.2) is 0 Å². The van der Waals surface area contributed by atoms with Gasteiger partial charge in [0.15, 0.2) is 5.82 Å². The molecule has 28 heavy (non-hydrogen) atoms. The summed E-state index contributed by atoms with van der Waals surface area (Å²) in [5, 5.41) is 12.0. The molecule has 0 saturated carbocycles. The lowest BCUT2D eigenvalue weighted by Gasteiger charge is -2.31. The van der Waals surface area contributed by atoms with Crippen LogP contribution in [-0.4, -0.2) is 40.0 Å². The Hall–Kier alpha value is -2.45. The molecule has 1 aliphatic heterocycles. The second-order valence-corrected chi connectivity index (χ2v) is 8.57. The Morgan fingerprint density at radius 2 is 1.93 bits per heavy atom. The summed E-state index contributed by atoms with van der Waals surface area (Å²) >= 11 is 4.99. The molecule has 0 atom stereocenters. The number of piperidine rings is 1. The fourth-order valence-electron chi connectivity index (χ4n) is 3.29. The molecule has 2 N–H and O–H groups in total. The van der Waals surface area contributed by atoms with Crippen molar-refractivity contribution < 1.29 is 9.59 Å². The number of aromatic nitrogens is 2. The average molecular weight is 459 g/mol. The molecule has 0 bridgehead atoms. The highest BCUT2D eigenvalue weighted by Gasteiger charge is 2.28. The summed E-state index contributed by atoms with van der Waals surface area (Å²) in [4.78, 5) is 28.1. The molecule has 0 aliphatic carbocycles. The minimum Gasteiger partial charge on any atom is -0.339 e. The molecule has 1 fully saturated rings. The normalized spacial score (nSPS) is 14.8. The van der Waals surface area contributed by atoms with Crippen LogP contribution < -0.4 is 5.32 Å². The van der Waals surface area contributed by atoms with Crippen LogP contribution in [0.2, 0.25) is 0 Å². The summed E-state index contributed by atoms with van der Waals surface area (Å²) in [6.45, 7) is 1.15. The molecule has 1 aliphatic rings. The maximum absolute atomic E-state index is 12.6. The van der Waals surface area contributed by atoms with E-state index in [4.69, 9.17) is 0 Å². The Morgan fingerprint density at radius 1 is 1.18 bits per heavy atom. The number of likely N-dealkylation sites (tertiary alicyclic amines) is 1. The first kappa shape index (κ1) is 18.9. The van der Waals surface area contributed by atoms with Gasteiger partial charge in [-0.2, -0.15) is 5.10 Å². The third kappa shape index (κ3) is 4.18. The van der Waals surface area contributed by atoms with Crippen LogP contribution in [0.5, 0.6) is 0 Å².